The molecule has 0 bridgehead atoms. The summed E-state index contributed by atoms with van der Waals surface area (Å²) in [7, 11) is -3.38. The van der Waals surface area contributed by atoms with Crippen molar-refractivity contribution in [2.24, 2.45) is 0 Å². The average Bonchev–Trinajstić information content (AvgIpc) is 2.76. The molecule has 0 amide bonds. The molecule has 0 spiro atoms. The smallest absolute Gasteiger partial charge is 0.206 e. The highest BCUT2D eigenvalue weighted by atomic mass is 79.9. The van der Waals surface area contributed by atoms with Crippen LogP contribution in [0.4, 0.5) is 0 Å². The van der Waals surface area contributed by atoms with Gasteiger partial charge in [-0.3, -0.25) is 0 Å². The lowest BCUT2D eigenvalue weighted by atomic mass is 10.2. The van der Waals surface area contributed by atoms with Crippen LogP contribution in [0.1, 0.15) is 40.5 Å². The van der Waals surface area contributed by atoms with Crippen LogP contribution >= 0.6 is 27.3 Å². The van der Waals surface area contributed by atoms with Crippen LogP contribution in [0.15, 0.2) is 20.1 Å². The molecular weight excluding hydrogens is 334 g/mol. The highest BCUT2D eigenvalue weighted by molar-refractivity contribution is 9.11. The summed E-state index contributed by atoms with van der Waals surface area (Å²) in [5, 5.41) is 0. The maximum Gasteiger partial charge on any atom is 0.253 e. The van der Waals surface area contributed by atoms with E-state index in [1.165, 1.54) is 11.3 Å². The molecule has 3 nitrogen and oxygen atoms in total. The fraction of sp³-hybridized carbons (Fsp3) is 0.667. The number of halogens is 1. The summed E-state index contributed by atoms with van der Waals surface area (Å²) in [6, 6.07) is 3.49. The molecule has 0 aliphatic heterocycles. The third kappa shape index (κ3) is 3.35. The molecule has 0 fully saturated rings. The van der Waals surface area contributed by atoms with Crippen molar-refractivity contribution in [3.8, 4) is 0 Å². The Hall–Kier alpha value is 0.0900. The van der Waals surface area contributed by atoms with Crippen LogP contribution in [0.25, 0.3) is 0 Å². The normalized spacial score (nSPS) is 15.9. The standard InChI is InChI=1S/C12H20BrNO2S2/c1-5-9(3)14(10(4)6-2)18(15,16)12-8-7-11(13)17-12/h7-10H,5-6H2,1-4H3. The van der Waals surface area contributed by atoms with Gasteiger partial charge in [0.15, 0.2) is 0 Å². The van der Waals surface area contributed by atoms with E-state index < -0.39 is 10.0 Å². The van der Waals surface area contributed by atoms with Gasteiger partial charge in [0.05, 0.1) is 3.79 Å². The Kier molecular flexibility index (Phi) is 5.83. The second-order valence-electron chi connectivity index (χ2n) is 4.41. The van der Waals surface area contributed by atoms with E-state index in [0.717, 1.165) is 16.6 Å². The van der Waals surface area contributed by atoms with E-state index >= 15 is 0 Å². The summed E-state index contributed by atoms with van der Waals surface area (Å²) in [5.74, 6) is 0. The molecule has 104 valence electrons. The molecule has 0 saturated heterocycles. The first kappa shape index (κ1) is 16.1. The molecule has 0 aromatic carbocycles. The molecule has 18 heavy (non-hydrogen) atoms. The fourth-order valence-corrected chi connectivity index (χ4v) is 5.89. The first-order valence-corrected chi connectivity index (χ1v) is 9.18. The highest BCUT2D eigenvalue weighted by Crippen LogP contribution is 2.31. The van der Waals surface area contributed by atoms with Crippen molar-refractivity contribution >= 4 is 37.3 Å². The molecule has 1 rings (SSSR count). The van der Waals surface area contributed by atoms with Gasteiger partial charge in [0, 0.05) is 12.1 Å². The topological polar surface area (TPSA) is 37.4 Å². The van der Waals surface area contributed by atoms with Crippen molar-refractivity contribution < 1.29 is 8.42 Å². The Morgan fingerprint density at radius 3 is 2.06 bits per heavy atom. The summed E-state index contributed by atoms with van der Waals surface area (Å²) in [5.41, 5.74) is 0. The van der Waals surface area contributed by atoms with Gasteiger partial charge in [-0.25, -0.2) is 8.42 Å². The van der Waals surface area contributed by atoms with E-state index in [9.17, 15) is 8.42 Å². The van der Waals surface area contributed by atoms with Gasteiger partial charge in [-0.2, -0.15) is 4.31 Å². The van der Waals surface area contributed by atoms with E-state index in [0.29, 0.717) is 4.21 Å². The van der Waals surface area contributed by atoms with Crippen LogP contribution < -0.4 is 0 Å². The lowest BCUT2D eigenvalue weighted by Gasteiger charge is -2.32. The molecule has 1 heterocycles. The number of nitrogens with zero attached hydrogens (tertiary/aromatic N) is 1. The van der Waals surface area contributed by atoms with E-state index in [4.69, 9.17) is 0 Å². The molecule has 0 aliphatic rings. The first-order chi connectivity index (χ1) is 8.34. The molecule has 0 saturated carbocycles. The van der Waals surface area contributed by atoms with Crippen molar-refractivity contribution in [2.75, 3.05) is 0 Å². The summed E-state index contributed by atoms with van der Waals surface area (Å²) in [6.07, 6.45) is 1.63. The molecule has 0 N–H and O–H groups in total. The number of sulfonamides is 1. The molecule has 1 aromatic heterocycles. The van der Waals surface area contributed by atoms with E-state index in [2.05, 4.69) is 15.9 Å². The Balaban J connectivity index is 3.19. The molecular formula is C12H20BrNO2S2. The summed E-state index contributed by atoms with van der Waals surface area (Å²) in [4.78, 5) is 0. The maximum atomic E-state index is 12.7. The second-order valence-corrected chi connectivity index (χ2v) is 8.94. The third-order valence-corrected chi connectivity index (χ3v) is 7.35. The van der Waals surface area contributed by atoms with Gasteiger partial charge in [-0.15, -0.1) is 11.3 Å². The van der Waals surface area contributed by atoms with Gasteiger partial charge in [0.25, 0.3) is 10.0 Å². The van der Waals surface area contributed by atoms with Gasteiger partial charge in [0.1, 0.15) is 4.21 Å². The van der Waals surface area contributed by atoms with Crippen molar-refractivity contribution in [1.82, 2.24) is 4.31 Å². The summed E-state index contributed by atoms with van der Waals surface area (Å²) < 4.78 is 28.2. The zero-order valence-electron chi connectivity index (χ0n) is 11.2. The second kappa shape index (κ2) is 6.50. The van der Waals surface area contributed by atoms with Crippen molar-refractivity contribution in [3.05, 3.63) is 15.9 Å². The molecule has 1 aromatic rings. The molecule has 0 aliphatic carbocycles. The molecule has 6 heteroatoms. The van der Waals surface area contributed by atoms with Gasteiger partial charge < -0.3 is 0 Å². The number of rotatable bonds is 6. The lowest BCUT2D eigenvalue weighted by Crippen LogP contribution is -2.43. The van der Waals surface area contributed by atoms with Crippen LogP contribution in [0.2, 0.25) is 0 Å². The highest BCUT2D eigenvalue weighted by Gasteiger charge is 2.32. The minimum Gasteiger partial charge on any atom is -0.206 e. The Morgan fingerprint density at radius 1 is 1.22 bits per heavy atom. The van der Waals surface area contributed by atoms with Crippen LogP contribution in [-0.4, -0.2) is 24.8 Å². The lowest BCUT2D eigenvalue weighted by molar-refractivity contribution is 0.263. The van der Waals surface area contributed by atoms with Crippen LogP contribution in [0, 0.1) is 0 Å². The quantitative estimate of drug-likeness (QED) is 0.771. The SMILES string of the molecule is CCC(C)N(C(C)CC)S(=O)(=O)c1ccc(Br)s1. The van der Waals surface area contributed by atoms with Gasteiger partial charge >= 0.3 is 0 Å². The largest absolute Gasteiger partial charge is 0.253 e. The van der Waals surface area contributed by atoms with Crippen LogP contribution in [0.3, 0.4) is 0 Å². The van der Waals surface area contributed by atoms with E-state index in [-0.39, 0.29) is 12.1 Å². The van der Waals surface area contributed by atoms with Crippen molar-refractivity contribution in [1.29, 1.82) is 0 Å². The predicted molar refractivity (Wildman–Crippen MR) is 80.5 cm³/mol. The van der Waals surface area contributed by atoms with E-state index in [1.807, 2.05) is 27.7 Å². The summed E-state index contributed by atoms with van der Waals surface area (Å²) in [6.45, 7) is 7.96. The van der Waals surface area contributed by atoms with Gasteiger partial charge in [-0.05, 0) is 54.8 Å². The number of hydrogen-bond acceptors (Lipinski definition) is 3. The van der Waals surface area contributed by atoms with Gasteiger partial charge in [0.2, 0.25) is 0 Å². The first-order valence-electron chi connectivity index (χ1n) is 6.13. The van der Waals surface area contributed by atoms with Crippen molar-refractivity contribution in [3.63, 3.8) is 0 Å². The monoisotopic (exact) mass is 353 g/mol. The Labute approximate surface area is 122 Å². The minimum absolute atomic E-state index is 0.0193. The molecule has 2 unspecified atom stereocenters. The molecule has 0 radical (unpaired) electrons. The predicted octanol–water partition coefficient (Wildman–Crippen LogP) is 4.10. The maximum absolute atomic E-state index is 12.7. The number of thiophene rings is 1. The zero-order valence-corrected chi connectivity index (χ0v) is 14.4. The van der Waals surface area contributed by atoms with Crippen LogP contribution in [0.5, 0.6) is 0 Å². The Morgan fingerprint density at radius 2 is 1.72 bits per heavy atom. The summed E-state index contributed by atoms with van der Waals surface area (Å²) >= 11 is 4.58. The minimum atomic E-state index is -3.38. The zero-order chi connectivity index (χ0) is 13.9. The third-order valence-electron chi connectivity index (χ3n) is 3.13. The van der Waals surface area contributed by atoms with Crippen LogP contribution in [-0.2, 0) is 10.0 Å². The average molecular weight is 354 g/mol. The Bertz CT molecular complexity index is 474. The number of hydrogen-bond donors (Lipinski definition) is 0. The van der Waals surface area contributed by atoms with Gasteiger partial charge in [-0.1, -0.05) is 13.8 Å². The van der Waals surface area contributed by atoms with E-state index in [1.54, 1.807) is 16.4 Å². The molecule has 2 atom stereocenters. The fourth-order valence-electron chi connectivity index (χ4n) is 1.81. The van der Waals surface area contributed by atoms with Crippen molar-refractivity contribution in [2.45, 2.75) is 56.8 Å².